The van der Waals surface area contributed by atoms with Crippen molar-refractivity contribution in [2.24, 2.45) is 0 Å². The molecule has 0 spiro atoms. The average molecular weight is 538 g/mol. The number of rotatable bonds is 10. The normalized spacial score (nSPS) is 11.7. The molecule has 7 nitrogen and oxygen atoms in total. The standard InChI is InChI=1S/C28H31N3O4S2/c1-5-6-18-30(3)37(33,34)23-15-13-22(14-16-23)27(32)31(19-21-10-8-7-9-11-21)28-29-25-24(35-4)17-12-20(2)26(25)36-28/h7-17H,5-6,18-19H2,1-4H3. The molecule has 37 heavy (non-hydrogen) atoms. The lowest BCUT2D eigenvalue weighted by molar-refractivity contribution is 0.0985. The number of ether oxygens (including phenoxy) is 1. The smallest absolute Gasteiger partial charge is 0.260 e. The molecule has 9 heteroatoms. The Balaban J connectivity index is 1.71. The summed E-state index contributed by atoms with van der Waals surface area (Å²) in [5.41, 5.74) is 3.10. The van der Waals surface area contributed by atoms with Crippen molar-refractivity contribution in [3.05, 3.63) is 83.4 Å². The summed E-state index contributed by atoms with van der Waals surface area (Å²) in [6.45, 7) is 4.79. The fourth-order valence-electron chi connectivity index (χ4n) is 3.98. The number of hydrogen-bond donors (Lipinski definition) is 0. The number of fused-ring (bicyclic) bond motifs is 1. The number of aryl methyl sites for hydroxylation is 1. The molecule has 194 valence electrons. The fourth-order valence-corrected chi connectivity index (χ4v) is 6.24. The summed E-state index contributed by atoms with van der Waals surface area (Å²) in [6.07, 6.45) is 1.69. The molecule has 0 aliphatic carbocycles. The number of sulfonamides is 1. The Morgan fingerprint density at radius 1 is 1.03 bits per heavy atom. The number of amides is 1. The van der Waals surface area contributed by atoms with E-state index in [1.807, 2.05) is 56.3 Å². The zero-order chi connectivity index (χ0) is 26.6. The molecular weight excluding hydrogens is 506 g/mol. The zero-order valence-corrected chi connectivity index (χ0v) is 23.1. The maximum absolute atomic E-state index is 13.8. The molecular formula is C28H31N3O4S2. The first-order valence-electron chi connectivity index (χ1n) is 12.1. The number of methoxy groups -OCH3 is 1. The number of aromatic nitrogens is 1. The SMILES string of the molecule is CCCCN(C)S(=O)(=O)c1ccc(C(=O)N(Cc2ccccc2)c2nc3c(OC)ccc(C)c3s2)cc1. The van der Waals surface area contributed by atoms with Crippen LogP contribution in [0.4, 0.5) is 5.13 Å². The lowest BCUT2D eigenvalue weighted by Gasteiger charge is -2.21. The van der Waals surface area contributed by atoms with Gasteiger partial charge in [0.25, 0.3) is 5.91 Å². The summed E-state index contributed by atoms with van der Waals surface area (Å²) in [5.74, 6) is 0.389. The molecule has 0 saturated heterocycles. The van der Waals surface area contributed by atoms with Crippen LogP contribution in [0.5, 0.6) is 5.75 Å². The molecule has 1 heterocycles. The number of hydrogen-bond acceptors (Lipinski definition) is 6. The van der Waals surface area contributed by atoms with Crippen LogP contribution in [0.25, 0.3) is 10.2 Å². The Bertz CT molecular complexity index is 1480. The summed E-state index contributed by atoms with van der Waals surface area (Å²) < 4.78 is 33.7. The van der Waals surface area contributed by atoms with Gasteiger partial charge in [-0.05, 0) is 54.8 Å². The Kier molecular flexibility index (Phi) is 8.26. The second kappa shape index (κ2) is 11.4. The predicted molar refractivity (Wildman–Crippen MR) is 149 cm³/mol. The van der Waals surface area contributed by atoms with Gasteiger partial charge >= 0.3 is 0 Å². The molecule has 0 aliphatic rings. The largest absolute Gasteiger partial charge is 0.494 e. The van der Waals surface area contributed by atoms with Crippen molar-refractivity contribution >= 4 is 42.6 Å². The molecule has 4 rings (SSSR count). The van der Waals surface area contributed by atoms with Gasteiger partial charge in [0.2, 0.25) is 10.0 Å². The molecule has 1 aromatic heterocycles. The van der Waals surface area contributed by atoms with Crippen LogP contribution in [0, 0.1) is 6.92 Å². The summed E-state index contributed by atoms with van der Waals surface area (Å²) in [4.78, 5) is 20.4. The number of thiazole rings is 1. The van der Waals surface area contributed by atoms with E-state index in [-0.39, 0.29) is 10.8 Å². The number of nitrogens with zero attached hydrogens (tertiary/aromatic N) is 3. The van der Waals surface area contributed by atoms with E-state index in [1.165, 1.54) is 27.8 Å². The maximum Gasteiger partial charge on any atom is 0.260 e. The predicted octanol–water partition coefficient (Wildman–Crippen LogP) is 5.88. The van der Waals surface area contributed by atoms with E-state index in [1.54, 1.807) is 31.2 Å². The zero-order valence-electron chi connectivity index (χ0n) is 21.5. The highest BCUT2D eigenvalue weighted by Crippen LogP contribution is 2.37. The van der Waals surface area contributed by atoms with Gasteiger partial charge in [0.15, 0.2) is 5.13 Å². The quantitative estimate of drug-likeness (QED) is 0.252. The molecule has 0 saturated carbocycles. The first-order valence-corrected chi connectivity index (χ1v) is 14.4. The van der Waals surface area contributed by atoms with Crippen LogP contribution in [0.3, 0.4) is 0 Å². The summed E-state index contributed by atoms with van der Waals surface area (Å²) in [5, 5.41) is 0.549. The number of benzene rings is 3. The van der Waals surface area contributed by atoms with Crippen molar-refractivity contribution in [3.8, 4) is 5.75 Å². The number of carbonyl (C=O) groups is 1. The highest BCUT2D eigenvalue weighted by Gasteiger charge is 2.25. The summed E-state index contributed by atoms with van der Waals surface area (Å²) in [6, 6.07) is 19.7. The molecule has 0 fully saturated rings. The minimum absolute atomic E-state index is 0.164. The Morgan fingerprint density at radius 3 is 2.38 bits per heavy atom. The van der Waals surface area contributed by atoms with E-state index in [4.69, 9.17) is 9.72 Å². The monoisotopic (exact) mass is 537 g/mol. The van der Waals surface area contributed by atoms with Crippen molar-refractivity contribution in [1.29, 1.82) is 0 Å². The molecule has 3 aromatic carbocycles. The average Bonchev–Trinajstić information content (AvgIpc) is 3.37. The van der Waals surface area contributed by atoms with Crippen LogP contribution in [0.1, 0.15) is 41.3 Å². The molecule has 4 aromatic rings. The van der Waals surface area contributed by atoms with Crippen LogP contribution < -0.4 is 9.64 Å². The van der Waals surface area contributed by atoms with Gasteiger partial charge in [-0.25, -0.2) is 17.7 Å². The molecule has 0 atom stereocenters. The van der Waals surface area contributed by atoms with Gasteiger partial charge in [0, 0.05) is 19.2 Å². The van der Waals surface area contributed by atoms with E-state index < -0.39 is 10.0 Å². The second-order valence-corrected chi connectivity index (χ2v) is 11.9. The van der Waals surface area contributed by atoms with Crippen LogP contribution in [0.2, 0.25) is 0 Å². The van der Waals surface area contributed by atoms with Gasteiger partial charge in [-0.15, -0.1) is 0 Å². The van der Waals surface area contributed by atoms with E-state index in [9.17, 15) is 13.2 Å². The van der Waals surface area contributed by atoms with Gasteiger partial charge in [-0.1, -0.05) is 61.1 Å². The van der Waals surface area contributed by atoms with Crippen LogP contribution in [-0.4, -0.2) is 44.3 Å². The van der Waals surface area contributed by atoms with Crippen molar-refractivity contribution < 1.29 is 17.9 Å². The highest BCUT2D eigenvalue weighted by molar-refractivity contribution is 7.89. The van der Waals surface area contributed by atoms with Crippen LogP contribution in [-0.2, 0) is 16.6 Å². The number of anilines is 1. The van der Waals surface area contributed by atoms with Gasteiger partial charge in [0.05, 0.1) is 23.2 Å². The molecule has 0 N–H and O–H groups in total. The molecule has 1 amide bonds. The summed E-state index contributed by atoms with van der Waals surface area (Å²) in [7, 11) is -0.439. The third-order valence-electron chi connectivity index (χ3n) is 6.21. The van der Waals surface area contributed by atoms with Gasteiger partial charge in [-0.2, -0.15) is 0 Å². The number of carbonyl (C=O) groups excluding carboxylic acids is 1. The van der Waals surface area contributed by atoms with Crippen LogP contribution >= 0.6 is 11.3 Å². The van der Waals surface area contributed by atoms with Crippen molar-refractivity contribution in [1.82, 2.24) is 9.29 Å². The highest BCUT2D eigenvalue weighted by atomic mass is 32.2. The Labute approximate surface area is 222 Å². The van der Waals surface area contributed by atoms with Gasteiger partial charge in [0.1, 0.15) is 11.3 Å². The van der Waals surface area contributed by atoms with Crippen molar-refractivity contribution in [2.45, 2.75) is 38.1 Å². The molecule has 0 radical (unpaired) electrons. The summed E-state index contributed by atoms with van der Waals surface area (Å²) >= 11 is 1.43. The number of unbranched alkanes of at least 4 members (excludes halogenated alkanes) is 1. The lowest BCUT2D eigenvalue weighted by atomic mass is 10.1. The lowest BCUT2D eigenvalue weighted by Crippen LogP contribution is -2.30. The van der Waals surface area contributed by atoms with E-state index in [0.717, 1.165) is 28.7 Å². The Morgan fingerprint density at radius 2 is 1.73 bits per heavy atom. The minimum Gasteiger partial charge on any atom is -0.494 e. The second-order valence-electron chi connectivity index (χ2n) is 8.84. The maximum atomic E-state index is 13.8. The molecule has 0 unspecified atom stereocenters. The van der Waals surface area contributed by atoms with Gasteiger partial charge < -0.3 is 4.74 Å². The van der Waals surface area contributed by atoms with Crippen molar-refractivity contribution in [2.75, 3.05) is 25.6 Å². The molecule has 0 bridgehead atoms. The third kappa shape index (κ3) is 5.69. The third-order valence-corrected chi connectivity index (χ3v) is 9.29. The fraction of sp³-hybridized carbons (Fsp3) is 0.286. The van der Waals surface area contributed by atoms with Crippen molar-refractivity contribution in [3.63, 3.8) is 0 Å². The first kappa shape index (κ1) is 26.8. The van der Waals surface area contributed by atoms with Gasteiger partial charge in [-0.3, -0.25) is 9.69 Å². The molecule has 0 aliphatic heterocycles. The minimum atomic E-state index is -3.62. The van der Waals surface area contributed by atoms with E-state index in [2.05, 4.69) is 0 Å². The first-order chi connectivity index (χ1) is 17.8. The van der Waals surface area contributed by atoms with Crippen LogP contribution in [0.15, 0.2) is 71.6 Å². The Hall–Kier alpha value is -3.27. The van der Waals surface area contributed by atoms with E-state index in [0.29, 0.717) is 35.1 Å². The topological polar surface area (TPSA) is 79.8 Å². The van der Waals surface area contributed by atoms with E-state index >= 15 is 0 Å².